The Morgan fingerprint density at radius 1 is 1.29 bits per heavy atom. The highest BCUT2D eigenvalue weighted by atomic mass is 32.3. The summed E-state index contributed by atoms with van der Waals surface area (Å²) in [6.45, 7) is 5.27. The zero-order chi connectivity index (χ0) is 16.1. The van der Waals surface area contributed by atoms with Gasteiger partial charge in [-0.3, -0.25) is 0 Å². The monoisotopic (exact) mass is 323 g/mol. The first-order valence-electron chi connectivity index (χ1n) is 7.49. The molecule has 0 aromatic heterocycles. The summed E-state index contributed by atoms with van der Waals surface area (Å²) in [5.74, 6) is -0.378. The van der Waals surface area contributed by atoms with Gasteiger partial charge < -0.3 is 10.1 Å². The largest absolute Gasteiger partial charge is 0.444 e. The van der Waals surface area contributed by atoms with Crippen molar-refractivity contribution < 1.29 is 21.8 Å². The number of rotatable bonds is 5. The van der Waals surface area contributed by atoms with Crippen LogP contribution >= 0.6 is 0 Å². The maximum absolute atomic E-state index is 12.8. The molecule has 5 nitrogen and oxygen atoms in total. The lowest BCUT2D eigenvalue weighted by Crippen LogP contribution is -2.44. The van der Waals surface area contributed by atoms with E-state index in [-0.39, 0.29) is 18.4 Å². The molecule has 0 spiro atoms. The predicted octanol–water partition coefficient (Wildman–Crippen LogP) is 3.15. The number of alkyl carbamates (subject to hydrolysis) is 1. The lowest BCUT2D eigenvalue weighted by molar-refractivity contribution is 0.0475. The molecule has 0 radical (unpaired) electrons. The number of ether oxygens (including phenoxy) is 1. The lowest BCUT2D eigenvalue weighted by atomic mass is 9.83. The topological polar surface area (TPSA) is 72.5 Å². The minimum atomic E-state index is -4.52. The Kier molecular flexibility index (Phi) is 6.43. The van der Waals surface area contributed by atoms with Crippen LogP contribution in [0, 0.1) is 5.92 Å². The van der Waals surface area contributed by atoms with Gasteiger partial charge in [0, 0.05) is 6.04 Å². The smallest absolute Gasteiger partial charge is 0.407 e. The van der Waals surface area contributed by atoms with Gasteiger partial charge >= 0.3 is 16.3 Å². The first kappa shape index (κ1) is 18.2. The molecule has 1 rings (SSSR count). The molecule has 1 atom stereocenters. The first-order chi connectivity index (χ1) is 9.57. The fourth-order valence-corrected chi connectivity index (χ4v) is 3.22. The number of carbonyl (C=O) groups is 1. The molecular weight excluding hydrogens is 297 g/mol. The molecule has 0 heterocycles. The molecule has 0 bridgehead atoms. The van der Waals surface area contributed by atoms with Gasteiger partial charge in [0.05, 0.1) is 5.75 Å². The average molecular weight is 323 g/mol. The molecule has 124 valence electrons. The standard InChI is InChI=1S/C14H26FNO4S/c1-14(2,3)20-13(17)16-12(9-10-21(15,18)19)11-7-5-4-6-8-11/h11-12H,4-10H2,1-3H3,(H,16,17). The second-order valence-corrected chi connectivity index (χ2v) is 8.17. The van der Waals surface area contributed by atoms with Crippen molar-refractivity contribution in [2.45, 2.75) is 70.9 Å². The number of carbonyl (C=O) groups excluding carboxylic acids is 1. The van der Waals surface area contributed by atoms with E-state index in [1.807, 2.05) is 0 Å². The van der Waals surface area contributed by atoms with Crippen LogP contribution in [0.25, 0.3) is 0 Å². The summed E-state index contributed by atoms with van der Waals surface area (Å²) in [6.07, 6.45) is 4.62. The van der Waals surface area contributed by atoms with E-state index in [1.54, 1.807) is 20.8 Å². The molecule has 1 aliphatic carbocycles. The molecule has 0 aliphatic heterocycles. The lowest BCUT2D eigenvalue weighted by Gasteiger charge is -2.31. The number of nitrogens with one attached hydrogen (secondary N) is 1. The highest BCUT2D eigenvalue weighted by Crippen LogP contribution is 2.28. The Hall–Kier alpha value is -0.850. The van der Waals surface area contributed by atoms with Crippen molar-refractivity contribution in [3.05, 3.63) is 0 Å². The van der Waals surface area contributed by atoms with E-state index in [0.29, 0.717) is 0 Å². The summed E-state index contributed by atoms with van der Waals surface area (Å²) in [5, 5.41) is 2.72. The van der Waals surface area contributed by atoms with Gasteiger partial charge in [-0.25, -0.2) is 4.79 Å². The van der Waals surface area contributed by atoms with Gasteiger partial charge in [0.25, 0.3) is 0 Å². The van der Waals surface area contributed by atoms with Crippen molar-refractivity contribution in [1.82, 2.24) is 5.32 Å². The number of hydrogen-bond donors (Lipinski definition) is 1. The van der Waals surface area contributed by atoms with Gasteiger partial charge in [0.2, 0.25) is 0 Å². The number of halogens is 1. The van der Waals surface area contributed by atoms with Gasteiger partial charge in [0.15, 0.2) is 0 Å². The van der Waals surface area contributed by atoms with Crippen LogP contribution in [0.1, 0.15) is 59.3 Å². The van der Waals surface area contributed by atoms with Crippen molar-refractivity contribution >= 4 is 16.3 Å². The van der Waals surface area contributed by atoms with Gasteiger partial charge in [-0.2, -0.15) is 8.42 Å². The third-order valence-electron chi connectivity index (χ3n) is 3.59. The molecule has 1 saturated carbocycles. The SMILES string of the molecule is CC(C)(C)OC(=O)NC(CCS(=O)(=O)F)C1CCCCC1. The van der Waals surface area contributed by atoms with Crippen LogP contribution in [0.15, 0.2) is 0 Å². The molecule has 1 aliphatic rings. The van der Waals surface area contributed by atoms with E-state index >= 15 is 0 Å². The maximum Gasteiger partial charge on any atom is 0.407 e. The summed E-state index contributed by atoms with van der Waals surface area (Å²) in [5.41, 5.74) is -0.618. The summed E-state index contributed by atoms with van der Waals surface area (Å²) in [7, 11) is -4.52. The summed E-state index contributed by atoms with van der Waals surface area (Å²) in [6, 6.07) is -0.356. The third kappa shape index (κ3) is 8.24. The van der Waals surface area contributed by atoms with Crippen molar-refractivity contribution in [3.8, 4) is 0 Å². The number of hydrogen-bond acceptors (Lipinski definition) is 4. The molecule has 1 N–H and O–H groups in total. The summed E-state index contributed by atoms with van der Waals surface area (Å²) < 4.78 is 39.4. The number of amides is 1. The molecule has 1 amide bonds. The van der Waals surface area contributed by atoms with Gasteiger partial charge in [0.1, 0.15) is 5.60 Å². The van der Waals surface area contributed by atoms with Crippen molar-refractivity contribution in [1.29, 1.82) is 0 Å². The van der Waals surface area contributed by atoms with Gasteiger partial charge in [-0.05, 0) is 46.0 Å². The summed E-state index contributed by atoms with van der Waals surface area (Å²) in [4.78, 5) is 11.9. The minimum Gasteiger partial charge on any atom is -0.444 e. The van der Waals surface area contributed by atoms with E-state index in [2.05, 4.69) is 5.32 Å². The average Bonchev–Trinajstić information content (AvgIpc) is 2.32. The molecule has 21 heavy (non-hydrogen) atoms. The molecule has 0 saturated heterocycles. The summed E-state index contributed by atoms with van der Waals surface area (Å²) >= 11 is 0. The van der Waals surface area contributed by atoms with Crippen molar-refractivity contribution in [2.75, 3.05) is 5.75 Å². The van der Waals surface area contributed by atoms with Crippen LogP contribution < -0.4 is 5.32 Å². The fraction of sp³-hybridized carbons (Fsp3) is 0.929. The highest BCUT2D eigenvalue weighted by Gasteiger charge is 2.28. The normalized spacial score (nSPS) is 19.0. The molecular formula is C14H26FNO4S. The van der Waals surface area contributed by atoms with Gasteiger partial charge in [-0.1, -0.05) is 19.3 Å². The van der Waals surface area contributed by atoms with E-state index < -0.39 is 27.7 Å². The van der Waals surface area contributed by atoms with Crippen LogP contribution in [0.5, 0.6) is 0 Å². The zero-order valence-corrected chi connectivity index (χ0v) is 13.8. The Morgan fingerprint density at radius 3 is 2.33 bits per heavy atom. The van der Waals surface area contributed by atoms with Gasteiger partial charge in [-0.15, -0.1) is 3.89 Å². The quantitative estimate of drug-likeness (QED) is 0.789. The van der Waals surface area contributed by atoms with Crippen LogP contribution in [0.4, 0.5) is 8.68 Å². The second-order valence-electron chi connectivity index (χ2n) is 6.68. The van der Waals surface area contributed by atoms with Crippen molar-refractivity contribution in [2.24, 2.45) is 5.92 Å². The molecule has 0 aromatic carbocycles. The zero-order valence-electron chi connectivity index (χ0n) is 13.0. The molecule has 1 unspecified atom stereocenters. The fourth-order valence-electron chi connectivity index (χ4n) is 2.69. The van der Waals surface area contributed by atoms with Crippen molar-refractivity contribution in [3.63, 3.8) is 0 Å². The predicted molar refractivity (Wildman–Crippen MR) is 79.2 cm³/mol. The Bertz CT molecular complexity index is 438. The Balaban J connectivity index is 2.64. The van der Waals surface area contributed by atoms with Crippen LogP contribution in [-0.2, 0) is 15.0 Å². The van der Waals surface area contributed by atoms with Crippen LogP contribution in [-0.4, -0.2) is 31.9 Å². The highest BCUT2D eigenvalue weighted by molar-refractivity contribution is 7.86. The van der Waals surface area contributed by atoms with E-state index in [1.165, 1.54) is 0 Å². The first-order valence-corrected chi connectivity index (χ1v) is 9.04. The minimum absolute atomic E-state index is 0.0861. The Morgan fingerprint density at radius 2 is 1.86 bits per heavy atom. The molecule has 7 heteroatoms. The second kappa shape index (κ2) is 7.42. The van der Waals surface area contributed by atoms with Crippen LogP contribution in [0.2, 0.25) is 0 Å². The van der Waals surface area contributed by atoms with E-state index in [0.717, 1.165) is 32.1 Å². The van der Waals surface area contributed by atoms with E-state index in [9.17, 15) is 17.1 Å². The molecule has 1 fully saturated rings. The van der Waals surface area contributed by atoms with Crippen LogP contribution in [0.3, 0.4) is 0 Å². The third-order valence-corrected chi connectivity index (χ3v) is 4.32. The Labute approximate surface area is 126 Å². The van der Waals surface area contributed by atoms with E-state index in [4.69, 9.17) is 4.74 Å². The molecule has 0 aromatic rings. The maximum atomic E-state index is 12.8.